The average molecular weight is 309 g/mol. The lowest BCUT2D eigenvalue weighted by atomic mass is 10.1. The van der Waals surface area contributed by atoms with E-state index in [0.717, 1.165) is 31.6 Å². The van der Waals surface area contributed by atoms with Crippen LogP contribution in [0.4, 0.5) is 23.0 Å². The summed E-state index contributed by atoms with van der Waals surface area (Å²) in [7, 11) is 0. The number of nitrogens with zero attached hydrogens (tertiary/aromatic N) is 3. The zero-order valence-corrected chi connectivity index (χ0v) is 12.7. The maximum Gasteiger partial charge on any atom is 0.150 e. The number of terminal acetylenes is 1. The second-order valence-corrected chi connectivity index (χ2v) is 5.40. The summed E-state index contributed by atoms with van der Waals surface area (Å²) in [6, 6.07) is 2.25. The van der Waals surface area contributed by atoms with Crippen molar-refractivity contribution in [2.45, 2.75) is 18.9 Å². The summed E-state index contributed by atoms with van der Waals surface area (Å²) < 4.78 is 0. The van der Waals surface area contributed by atoms with Crippen molar-refractivity contribution in [3.63, 3.8) is 0 Å². The summed E-state index contributed by atoms with van der Waals surface area (Å²) >= 11 is 0. The average Bonchev–Trinajstić information content (AvgIpc) is 2.59. The molecule has 1 atom stereocenters. The molecule has 0 radical (unpaired) electrons. The molecule has 23 heavy (non-hydrogen) atoms. The van der Waals surface area contributed by atoms with Gasteiger partial charge in [0, 0.05) is 18.7 Å². The number of anilines is 4. The lowest BCUT2D eigenvalue weighted by Crippen LogP contribution is -2.38. The zero-order chi connectivity index (χ0) is 16.1. The van der Waals surface area contributed by atoms with Gasteiger partial charge in [0.1, 0.15) is 17.3 Å². The summed E-state index contributed by atoms with van der Waals surface area (Å²) in [5.41, 5.74) is 7.99. The standard InChI is InChI=1S/C16H19N7/c1-2-11-8-20-16(10-19-11)23-15-6-14(13(17)9-21-15)22-12-4-3-5-18-7-12/h1,6,8-10,12,18H,3-5,7,17H2,(H2,20,21,22,23)/t12-/m0/s1. The first-order chi connectivity index (χ1) is 11.2. The van der Waals surface area contributed by atoms with E-state index < -0.39 is 0 Å². The van der Waals surface area contributed by atoms with Gasteiger partial charge in [0.15, 0.2) is 0 Å². The molecule has 0 bridgehead atoms. The third-order valence-electron chi connectivity index (χ3n) is 3.65. The van der Waals surface area contributed by atoms with Crippen molar-refractivity contribution in [3.05, 3.63) is 30.4 Å². The van der Waals surface area contributed by atoms with Gasteiger partial charge < -0.3 is 21.7 Å². The minimum absolute atomic E-state index is 0.371. The first-order valence-electron chi connectivity index (χ1n) is 7.53. The van der Waals surface area contributed by atoms with Gasteiger partial charge in [0.05, 0.1) is 30.0 Å². The summed E-state index contributed by atoms with van der Waals surface area (Å²) in [4.78, 5) is 12.6. The molecule has 7 nitrogen and oxygen atoms in total. The molecular formula is C16H19N7. The lowest BCUT2D eigenvalue weighted by Gasteiger charge is -2.25. The van der Waals surface area contributed by atoms with E-state index >= 15 is 0 Å². The van der Waals surface area contributed by atoms with Gasteiger partial charge in [0.2, 0.25) is 0 Å². The van der Waals surface area contributed by atoms with E-state index in [1.807, 2.05) is 6.07 Å². The highest BCUT2D eigenvalue weighted by Gasteiger charge is 2.14. The number of hydrogen-bond donors (Lipinski definition) is 4. The fourth-order valence-corrected chi connectivity index (χ4v) is 2.45. The minimum atomic E-state index is 0.371. The molecule has 2 aromatic rings. The van der Waals surface area contributed by atoms with Crippen molar-refractivity contribution in [1.29, 1.82) is 0 Å². The van der Waals surface area contributed by atoms with Gasteiger partial charge in [0.25, 0.3) is 0 Å². The predicted molar refractivity (Wildman–Crippen MR) is 91.4 cm³/mol. The monoisotopic (exact) mass is 309 g/mol. The van der Waals surface area contributed by atoms with Crippen molar-refractivity contribution in [2.24, 2.45) is 0 Å². The van der Waals surface area contributed by atoms with Crippen LogP contribution in [0.1, 0.15) is 18.5 Å². The summed E-state index contributed by atoms with van der Waals surface area (Å²) in [6.45, 7) is 2.01. The van der Waals surface area contributed by atoms with Crippen molar-refractivity contribution in [2.75, 3.05) is 29.5 Å². The Balaban J connectivity index is 1.72. The number of nitrogens with one attached hydrogen (secondary N) is 3. The Kier molecular flexibility index (Phi) is 4.54. The van der Waals surface area contributed by atoms with E-state index in [1.165, 1.54) is 6.20 Å². The number of hydrogen-bond acceptors (Lipinski definition) is 7. The van der Waals surface area contributed by atoms with Gasteiger partial charge in [-0.2, -0.15) is 0 Å². The molecule has 7 heteroatoms. The maximum absolute atomic E-state index is 6.01. The Labute approximate surface area is 135 Å². The topological polar surface area (TPSA) is 101 Å². The first kappa shape index (κ1) is 15.1. The second kappa shape index (κ2) is 6.94. The molecule has 0 amide bonds. The third-order valence-corrected chi connectivity index (χ3v) is 3.65. The third kappa shape index (κ3) is 3.87. The van der Waals surface area contributed by atoms with Crippen LogP contribution in [0, 0.1) is 12.3 Å². The van der Waals surface area contributed by atoms with Crippen LogP contribution in [0.15, 0.2) is 24.7 Å². The van der Waals surface area contributed by atoms with E-state index in [4.69, 9.17) is 12.2 Å². The van der Waals surface area contributed by atoms with Crippen molar-refractivity contribution < 1.29 is 0 Å². The van der Waals surface area contributed by atoms with Crippen molar-refractivity contribution >= 4 is 23.0 Å². The molecule has 2 aromatic heterocycles. The molecule has 0 saturated carbocycles. The van der Waals surface area contributed by atoms with Crippen LogP contribution < -0.4 is 21.7 Å². The molecule has 0 aliphatic carbocycles. The molecule has 5 N–H and O–H groups in total. The maximum atomic E-state index is 6.01. The highest BCUT2D eigenvalue weighted by Crippen LogP contribution is 2.24. The van der Waals surface area contributed by atoms with Gasteiger partial charge in [-0.3, -0.25) is 0 Å². The van der Waals surface area contributed by atoms with Crippen LogP contribution >= 0.6 is 0 Å². The van der Waals surface area contributed by atoms with Crippen LogP contribution in [0.5, 0.6) is 0 Å². The molecule has 1 aliphatic rings. The summed E-state index contributed by atoms with van der Waals surface area (Å²) in [5.74, 6) is 3.65. The number of piperidine rings is 1. The van der Waals surface area contributed by atoms with Gasteiger partial charge in [-0.25, -0.2) is 15.0 Å². The second-order valence-electron chi connectivity index (χ2n) is 5.40. The number of nitrogen functional groups attached to an aromatic ring is 1. The molecule has 0 unspecified atom stereocenters. The van der Waals surface area contributed by atoms with E-state index in [0.29, 0.717) is 29.1 Å². The van der Waals surface area contributed by atoms with Crippen molar-refractivity contribution in [3.8, 4) is 12.3 Å². The summed E-state index contributed by atoms with van der Waals surface area (Å²) in [5, 5.41) is 9.93. The molecule has 1 saturated heterocycles. The molecule has 1 fully saturated rings. The fourth-order valence-electron chi connectivity index (χ4n) is 2.45. The van der Waals surface area contributed by atoms with Gasteiger partial charge in [-0.05, 0) is 25.3 Å². The fraction of sp³-hybridized carbons (Fsp3) is 0.312. The molecule has 0 aromatic carbocycles. The molecule has 3 heterocycles. The largest absolute Gasteiger partial charge is 0.396 e. The van der Waals surface area contributed by atoms with Crippen LogP contribution in [0.25, 0.3) is 0 Å². The van der Waals surface area contributed by atoms with E-state index in [1.54, 1.807) is 12.4 Å². The number of nitrogens with two attached hydrogens (primary N) is 1. The van der Waals surface area contributed by atoms with Crippen molar-refractivity contribution in [1.82, 2.24) is 20.3 Å². The smallest absolute Gasteiger partial charge is 0.150 e. The lowest BCUT2D eigenvalue weighted by molar-refractivity contribution is 0.480. The number of pyridine rings is 1. The number of aromatic nitrogens is 3. The van der Waals surface area contributed by atoms with E-state index in [-0.39, 0.29) is 0 Å². The Morgan fingerprint density at radius 3 is 2.78 bits per heavy atom. The Morgan fingerprint density at radius 1 is 1.22 bits per heavy atom. The highest BCUT2D eigenvalue weighted by molar-refractivity contribution is 5.70. The predicted octanol–water partition coefficient (Wildman–Crippen LogP) is 1.34. The summed E-state index contributed by atoms with van der Waals surface area (Å²) in [6.07, 6.45) is 12.3. The van der Waals surface area contributed by atoms with Crippen LogP contribution in [0.2, 0.25) is 0 Å². The minimum Gasteiger partial charge on any atom is -0.396 e. The van der Waals surface area contributed by atoms with Crippen LogP contribution in [-0.2, 0) is 0 Å². The van der Waals surface area contributed by atoms with Gasteiger partial charge in [-0.1, -0.05) is 0 Å². The molecule has 0 spiro atoms. The molecular weight excluding hydrogens is 290 g/mol. The molecule has 3 rings (SSSR count). The Bertz CT molecular complexity index is 699. The van der Waals surface area contributed by atoms with Gasteiger partial charge >= 0.3 is 0 Å². The quantitative estimate of drug-likeness (QED) is 0.632. The molecule has 118 valence electrons. The zero-order valence-electron chi connectivity index (χ0n) is 12.7. The Morgan fingerprint density at radius 2 is 2.09 bits per heavy atom. The van der Waals surface area contributed by atoms with Gasteiger partial charge in [-0.15, -0.1) is 6.42 Å². The SMILES string of the molecule is C#Cc1cnc(Nc2cc(N[C@H]3CCCNC3)c(N)cn2)cn1. The normalized spacial score (nSPS) is 17.3. The number of rotatable bonds is 4. The van der Waals surface area contributed by atoms with E-state index in [2.05, 4.69) is 36.8 Å². The van der Waals surface area contributed by atoms with E-state index in [9.17, 15) is 0 Å². The van der Waals surface area contributed by atoms with Crippen LogP contribution in [-0.4, -0.2) is 34.1 Å². The highest BCUT2D eigenvalue weighted by atomic mass is 15.1. The Hall–Kier alpha value is -2.85. The van der Waals surface area contributed by atoms with Crippen LogP contribution in [0.3, 0.4) is 0 Å². The molecule has 1 aliphatic heterocycles. The first-order valence-corrected chi connectivity index (χ1v) is 7.53.